The molecule has 2 N–H and O–H groups in total. The third kappa shape index (κ3) is 3.74. The van der Waals surface area contributed by atoms with Crippen LogP contribution in [0.2, 0.25) is 0 Å². The van der Waals surface area contributed by atoms with Crippen molar-refractivity contribution in [3.63, 3.8) is 0 Å². The Morgan fingerprint density at radius 3 is 2.37 bits per heavy atom. The SMILES string of the molecule is Cc1ccc(S(=O)(=O)NC(C(=O)O)C(C)C)cc1F. The minimum atomic E-state index is -4.06. The zero-order chi connectivity index (χ0) is 14.8. The molecule has 0 aliphatic carbocycles. The molecule has 1 unspecified atom stereocenters. The Morgan fingerprint density at radius 1 is 1.37 bits per heavy atom. The minimum absolute atomic E-state index is 0.289. The Balaban J connectivity index is 3.10. The number of halogens is 1. The molecule has 0 fully saturated rings. The van der Waals surface area contributed by atoms with Crippen molar-refractivity contribution in [2.45, 2.75) is 31.7 Å². The van der Waals surface area contributed by atoms with E-state index in [1.54, 1.807) is 13.8 Å². The average Bonchev–Trinajstić information content (AvgIpc) is 2.28. The highest BCUT2D eigenvalue weighted by Gasteiger charge is 2.28. The predicted molar refractivity (Wildman–Crippen MR) is 67.7 cm³/mol. The standard InChI is InChI=1S/C12H16FNO4S/c1-7(2)11(12(15)16)14-19(17,18)9-5-4-8(3)10(13)6-9/h4-7,11,14H,1-3H3,(H,15,16). The molecule has 0 saturated carbocycles. The third-order valence-corrected chi connectivity index (χ3v) is 4.11. The number of carboxylic acids is 1. The maximum Gasteiger partial charge on any atom is 0.322 e. The summed E-state index contributed by atoms with van der Waals surface area (Å²) in [7, 11) is -4.06. The van der Waals surface area contributed by atoms with Crippen LogP contribution in [-0.2, 0) is 14.8 Å². The molecule has 0 radical (unpaired) electrons. The maximum atomic E-state index is 13.4. The lowest BCUT2D eigenvalue weighted by Gasteiger charge is -2.18. The van der Waals surface area contributed by atoms with E-state index in [-0.39, 0.29) is 4.90 Å². The Morgan fingerprint density at radius 2 is 1.95 bits per heavy atom. The molecular formula is C12H16FNO4S. The summed E-state index contributed by atoms with van der Waals surface area (Å²) in [6, 6.07) is 2.18. The number of benzene rings is 1. The van der Waals surface area contributed by atoms with Gasteiger partial charge in [0.1, 0.15) is 11.9 Å². The highest BCUT2D eigenvalue weighted by Crippen LogP contribution is 2.15. The molecule has 0 amide bonds. The van der Waals surface area contributed by atoms with Gasteiger partial charge in [-0.05, 0) is 30.5 Å². The number of aliphatic carboxylic acids is 1. The molecule has 0 bridgehead atoms. The van der Waals surface area contributed by atoms with Crippen molar-refractivity contribution in [3.05, 3.63) is 29.6 Å². The summed E-state index contributed by atoms with van der Waals surface area (Å²) in [4.78, 5) is 10.7. The largest absolute Gasteiger partial charge is 0.480 e. The molecule has 0 aliphatic rings. The number of hydrogen-bond acceptors (Lipinski definition) is 3. The topological polar surface area (TPSA) is 83.5 Å². The van der Waals surface area contributed by atoms with Crippen molar-refractivity contribution in [2.24, 2.45) is 5.92 Å². The number of aryl methyl sites for hydroxylation is 1. The summed E-state index contributed by atoms with van der Waals surface area (Å²) in [5.41, 5.74) is 0.317. The van der Waals surface area contributed by atoms with Crippen LogP contribution in [0.4, 0.5) is 4.39 Å². The first kappa shape index (κ1) is 15.6. The van der Waals surface area contributed by atoms with E-state index < -0.39 is 33.8 Å². The van der Waals surface area contributed by atoms with Crippen molar-refractivity contribution in [3.8, 4) is 0 Å². The fraction of sp³-hybridized carbons (Fsp3) is 0.417. The van der Waals surface area contributed by atoms with Gasteiger partial charge < -0.3 is 5.11 Å². The van der Waals surface area contributed by atoms with Crippen molar-refractivity contribution in [1.29, 1.82) is 0 Å². The van der Waals surface area contributed by atoms with Gasteiger partial charge in [-0.2, -0.15) is 4.72 Å². The second kappa shape index (κ2) is 5.66. The van der Waals surface area contributed by atoms with Crippen LogP contribution in [0.15, 0.2) is 23.1 Å². The normalized spacial score (nSPS) is 13.5. The van der Waals surface area contributed by atoms with Crippen LogP contribution in [-0.4, -0.2) is 25.5 Å². The van der Waals surface area contributed by atoms with Crippen molar-refractivity contribution in [1.82, 2.24) is 4.72 Å². The number of hydrogen-bond donors (Lipinski definition) is 2. The van der Waals surface area contributed by atoms with Gasteiger partial charge in [0, 0.05) is 0 Å². The molecule has 0 aromatic heterocycles. The number of sulfonamides is 1. The molecule has 0 aliphatic heterocycles. The Labute approximate surface area is 111 Å². The second-order valence-corrected chi connectivity index (χ2v) is 6.31. The van der Waals surface area contributed by atoms with E-state index in [1.165, 1.54) is 19.1 Å². The predicted octanol–water partition coefficient (Wildman–Crippen LogP) is 1.52. The Hall–Kier alpha value is -1.47. The molecule has 7 heteroatoms. The fourth-order valence-corrected chi connectivity index (χ4v) is 2.80. The van der Waals surface area contributed by atoms with Crippen LogP contribution < -0.4 is 4.72 Å². The monoisotopic (exact) mass is 289 g/mol. The van der Waals surface area contributed by atoms with Gasteiger partial charge in [0.25, 0.3) is 0 Å². The molecule has 0 saturated heterocycles. The van der Waals surface area contributed by atoms with Crippen molar-refractivity contribution < 1.29 is 22.7 Å². The molecule has 19 heavy (non-hydrogen) atoms. The van der Waals surface area contributed by atoms with Gasteiger partial charge in [0.05, 0.1) is 4.90 Å². The summed E-state index contributed by atoms with van der Waals surface area (Å²) < 4.78 is 39.4. The van der Waals surface area contributed by atoms with E-state index in [4.69, 9.17) is 5.11 Å². The van der Waals surface area contributed by atoms with Crippen LogP contribution in [0.1, 0.15) is 19.4 Å². The first-order valence-corrected chi connectivity index (χ1v) is 7.14. The number of rotatable bonds is 5. The maximum absolute atomic E-state index is 13.4. The lowest BCUT2D eigenvalue weighted by Crippen LogP contribution is -2.44. The molecule has 5 nitrogen and oxygen atoms in total. The van der Waals surface area contributed by atoms with Crippen LogP contribution in [0, 0.1) is 18.7 Å². The lowest BCUT2D eigenvalue weighted by atomic mass is 10.1. The average molecular weight is 289 g/mol. The molecule has 1 aromatic carbocycles. The second-order valence-electron chi connectivity index (χ2n) is 4.59. The van der Waals surface area contributed by atoms with Gasteiger partial charge in [0.2, 0.25) is 10.0 Å². The third-order valence-electron chi connectivity index (χ3n) is 2.67. The van der Waals surface area contributed by atoms with Gasteiger partial charge in [-0.25, -0.2) is 12.8 Å². The zero-order valence-corrected chi connectivity index (χ0v) is 11.7. The van der Waals surface area contributed by atoms with Gasteiger partial charge in [-0.3, -0.25) is 4.79 Å². The van der Waals surface area contributed by atoms with Gasteiger partial charge >= 0.3 is 5.97 Å². The highest BCUT2D eigenvalue weighted by molar-refractivity contribution is 7.89. The molecule has 0 spiro atoms. The molecule has 1 aromatic rings. The van der Waals surface area contributed by atoms with Crippen LogP contribution in [0.3, 0.4) is 0 Å². The van der Waals surface area contributed by atoms with Gasteiger partial charge in [-0.1, -0.05) is 19.9 Å². The van der Waals surface area contributed by atoms with E-state index in [0.29, 0.717) is 5.56 Å². The van der Waals surface area contributed by atoms with E-state index in [2.05, 4.69) is 4.72 Å². The minimum Gasteiger partial charge on any atom is -0.480 e. The van der Waals surface area contributed by atoms with Crippen LogP contribution in [0.5, 0.6) is 0 Å². The quantitative estimate of drug-likeness (QED) is 0.861. The van der Waals surface area contributed by atoms with Crippen molar-refractivity contribution in [2.75, 3.05) is 0 Å². The summed E-state index contributed by atoms with van der Waals surface area (Å²) >= 11 is 0. The summed E-state index contributed by atoms with van der Waals surface area (Å²) in [5, 5.41) is 8.95. The molecule has 0 heterocycles. The number of nitrogens with one attached hydrogen (secondary N) is 1. The van der Waals surface area contributed by atoms with E-state index in [9.17, 15) is 17.6 Å². The Bertz CT molecular complexity index is 583. The summed E-state index contributed by atoms with van der Waals surface area (Å²) in [6.45, 7) is 4.67. The molecule has 1 atom stereocenters. The molecular weight excluding hydrogens is 273 g/mol. The van der Waals surface area contributed by atoms with E-state index in [1.807, 2.05) is 0 Å². The lowest BCUT2D eigenvalue weighted by molar-refractivity contribution is -0.140. The van der Waals surface area contributed by atoms with Crippen LogP contribution in [0.25, 0.3) is 0 Å². The summed E-state index contributed by atoms with van der Waals surface area (Å²) in [5.74, 6) is -2.35. The van der Waals surface area contributed by atoms with Gasteiger partial charge in [-0.15, -0.1) is 0 Å². The molecule has 1 rings (SSSR count). The number of carboxylic acid groups (broad SMARTS) is 1. The number of carbonyl (C=O) groups is 1. The van der Waals surface area contributed by atoms with E-state index >= 15 is 0 Å². The Kier molecular flexibility index (Phi) is 4.65. The smallest absolute Gasteiger partial charge is 0.322 e. The zero-order valence-electron chi connectivity index (χ0n) is 10.8. The van der Waals surface area contributed by atoms with E-state index in [0.717, 1.165) is 6.07 Å². The summed E-state index contributed by atoms with van der Waals surface area (Å²) in [6.07, 6.45) is 0. The van der Waals surface area contributed by atoms with Crippen molar-refractivity contribution >= 4 is 16.0 Å². The first-order valence-electron chi connectivity index (χ1n) is 5.66. The highest BCUT2D eigenvalue weighted by atomic mass is 32.2. The molecule has 106 valence electrons. The fourth-order valence-electron chi connectivity index (χ4n) is 1.45. The first-order chi connectivity index (χ1) is 8.65. The van der Waals surface area contributed by atoms with Crippen LogP contribution >= 0.6 is 0 Å². The van der Waals surface area contributed by atoms with Gasteiger partial charge in [0.15, 0.2) is 0 Å².